The molecule has 0 aliphatic rings. The minimum atomic E-state index is -1.35. The molecule has 1 N–H and O–H groups in total. The van der Waals surface area contributed by atoms with Crippen molar-refractivity contribution < 1.29 is 24.4 Å². The fraction of sp³-hybridized carbons (Fsp3) is 0.200. The molecule has 0 radical (unpaired) electrons. The molecule has 90 valence electrons. The molecule has 0 bridgehead atoms. The first-order valence-corrected chi connectivity index (χ1v) is 4.65. The van der Waals surface area contributed by atoms with Gasteiger partial charge in [-0.3, -0.25) is 10.1 Å². The summed E-state index contributed by atoms with van der Waals surface area (Å²) >= 11 is 0. The zero-order valence-electron chi connectivity index (χ0n) is 8.87. The Labute approximate surface area is 95.8 Å². The van der Waals surface area contributed by atoms with Gasteiger partial charge in [-0.15, -0.1) is 0 Å². The highest BCUT2D eigenvalue weighted by Crippen LogP contribution is 2.18. The van der Waals surface area contributed by atoms with Gasteiger partial charge in [-0.25, -0.2) is 9.59 Å². The predicted molar refractivity (Wildman–Crippen MR) is 56.0 cm³/mol. The number of carbonyl (C=O) groups excluding carboxylic acids is 1. The standard InChI is InChI=1S/C10H9NO6/c1-2-17-10(14)7-3-6(9(12)13)4-8(5-7)11(15)16/h3-5H,2H2,1H3,(H,12,13). The molecule has 0 spiro atoms. The molecule has 0 aliphatic carbocycles. The van der Waals surface area contributed by atoms with E-state index in [2.05, 4.69) is 4.74 Å². The van der Waals surface area contributed by atoms with E-state index in [-0.39, 0.29) is 17.7 Å². The molecule has 0 saturated carbocycles. The number of hydrogen-bond donors (Lipinski definition) is 1. The summed E-state index contributed by atoms with van der Waals surface area (Å²) in [6, 6.07) is 2.89. The van der Waals surface area contributed by atoms with Gasteiger partial charge in [-0.05, 0) is 13.0 Å². The number of carboxylic acid groups (broad SMARTS) is 1. The van der Waals surface area contributed by atoms with E-state index in [1.807, 2.05) is 0 Å². The Kier molecular flexibility index (Phi) is 3.76. The van der Waals surface area contributed by atoms with Gasteiger partial charge in [0.05, 0.1) is 22.7 Å². The van der Waals surface area contributed by atoms with Crippen LogP contribution >= 0.6 is 0 Å². The molecular formula is C10H9NO6. The van der Waals surface area contributed by atoms with Crippen LogP contribution in [0, 0.1) is 10.1 Å². The van der Waals surface area contributed by atoms with Crippen LogP contribution in [0.2, 0.25) is 0 Å². The number of rotatable bonds is 4. The lowest BCUT2D eigenvalue weighted by molar-refractivity contribution is -0.384. The molecule has 7 nitrogen and oxygen atoms in total. The first kappa shape index (κ1) is 12.6. The molecule has 17 heavy (non-hydrogen) atoms. The molecule has 0 unspecified atom stereocenters. The Morgan fingerprint density at radius 1 is 1.35 bits per heavy atom. The van der Waals surface area contributed by atoms with Crippen LogP contribution in [0.3, 0.4) is 0 Å². The number of nitro benzene ring substituents is 1. The minimum Gasteiger partial charge on any atom is -0.478 e. The number of nitro groups is 1. The van der Waals surface area contributed by atoms with E-state index in [1.165, 1.54) is 0 Å². The molecule has 1 aromatic rings. The molecule has 0 heterocycles. The summed E-state index contributed by atoms with van der Waals surface area (Å²) in [5, 5.41) is 19.3. The lowest BCUT2D eigenvalue weighted by atomic mass is 10.1. The molecule has 1 rings (SSSR count). The average Bonchev–Trinajstić information content (AvgIpc) is 2.28. The molecule has 0 saturated heterocycles. The van der Waals surface area contributed by atoms with Gasteiger partial charge in [0.1, 0.15) is 0 Å². The Hall–Kier alpha value is -2.44. The van der Waals surface area contributed by atoms with Gasteiger partial charge in [0, 0.05) is 12.1 Å². The highest BCUT2D eigenvalue weighted by molar-refractivity contribution is 5.95. The van der Waals surface area contributed by atoms with E-state index in [9.17, 15) is 19.7 Å². The van der Waals surface area contributed by atoms with Crippen LogP contribution in [0.4, 0.5) is 5.69 Å². The van der Waals surface area contributed by atoms with Gasteiger partial charge in [0.15, 0.2) is 0 Å². The number of non-ortho nitro benzene ring substituents is 1. The first-order valence-electron chi connectivity index (χ1n) is 4.65. The summed E-state index contributed by atoms with van der Waals surface area (Å²) in [5.41, 5.74) is -0.950. The van der Waals surface area contributed by atoms with Crippen LogP contribution in [0.25, 0.3) is 0 Å². The van der Waals surface area contributed by atoms with Crippen LogP contribution in [0.15, 0.2) is 18.2 Å². The van der Waals surface area contributed by atoms with Gasteiger partial charge >= 0.3 is 11.9 Å². The molecule has 0 aliphatic heterocycles. The van der Waals surface area contributed by atoms with E-state index in [4.69, 9.17) is 5.11 Å². The van der Waals surface area contributed by atoms with Crippen molar-refractivity contribution >= 4 is 17.6 Å². The molecule has 0 aromatic heterocycles. The van der Waals surface area contributed by atoms with Crippen molar-refractivity contribution in [3.63, 3.8) is 0 Å². The van der Waals surface area contributed by atoms with Crippen molar-refractivity contribution in [2.45, 2.75) is 6.92 Å². The van der Waals surface area contributed by atoms with Gasteiger partial charge in [-0.1, -0.05) is 0 Å². The molecule has 0 fully saturated rings. The van der Waals surface area contributed by atoms with E-state index in [1.54, 1.807) is 6.92 Å². The Morgan fingerprint density at radius 2 is 1.94 bits per heavy atom. The molecule has 1 aromatic carbocycles. The molecule has 0 amide bonds. The zero-order chi connectivity index (χ0) is 13.0. The number of nitrogens with zero attached hydrogens (tertiary/aromatic N) is 1. The van der Waals surface area contributed by atoms with Crippen molar-refractivity contribution in [3.8, 4) is 0 Å². The number of esters is 1. The van der Waals surface area contributed by atoms with Crippen molar-refractivity contribution in [2.75, 3.05) is 6.61 Å². The van der Waals surface area contributed by atoms with Crippen molar-refractivity contribution in [1.29, 1.82) is 0 Å². The zero-order valence-corrected chi connectivity index (χ0v) is 8.87. The quantitative estimate of drug-likeness (QED) is 0.484. The molecule has 7 heteroatoms. The van der Waals surface area contributed by atoms with Crippen molar-refractivity contribution in [2.24, 2.45) is 0 Å². The van der Waals surface area contributed by atoms with Crippen LogP contribution in [-0.4, -0.2) is 28.6 Å². The third kappa shape index (κ3) is 3.00. The summed E-state index contributed by atoms with van der Waals surface area (Å²) in [6.07, 6.45) is 0. The number of aromatic carboxylic acids is 1. The molecular weight excluding hydrogens is 230 g/mol. The van der Waals surface area contributed by atoms with Gasteiger partial charge < -0.3 is 9.84 Å². The second kappa shape index (κ2) is 5.06. The maximum Gasteiger partial charge on any atom is 0.338 e. The van der Waals surface area contributed by atoms with Crippen LogP contribution in [0.1, 0.15) is 27.6 Å². The summed E-state index contributed by atoms with van der Waals surface area (Å²) in [6.45, 7) is 1.68. The number of hydrogen-bond acceptors (Lipinski definition) is 5. The monoisotopic (exact) mass is 239 g/mol. The van der Waals surface area contributed by atoms with Gasteiger partial charge in [0.2, 0.25) is 0 Å². The van der Waals surface area contributed by atoms with Crippen LogP contribution in [0.5, 0.6) is 0 Å². The lowest BCUT2D eigenvalue weighted by Gasteiger charge is -2.03. The van der Waals surface area contributed by atoms with Crippen molar-refractivity contribution in [3.05, 3.63) is 39.4 Å². The largest absolute Gasteiger partial charge is 0.478 e. The predicted octanol–water partition coefficient (Wildman–Crippen LogP) is 1.47. The fourth-order valence-electron chi connectivity index (χ4n) is 1.17. The van der Waals surface area contributed by atoms with E-state index in [0.717, 1.165) is 18.2 Å². The second-order valence-corrected chi connectivity index (χ2v) is 3.05. The summed E-state index contributed by atoms with van der Waals surface area (Å²) in [7, 11) is 0. The number of benzene rings is 1. The smallest absolute Gasteiger partial charge is 0.338 e. The number of carboxylic acids is 1. The lowest BCUT2D eigenvalue weighted by Crippen LogP contribution is -2.08. The Bertz CT molecular complexity index is 449. The molecule has 0 atom stereocenters. The second-order valence-electron chi connectivity index (χ2n) is 3.05. The normalized spacial score (nSPS) is 9.71. The van der Waals surface area contributed by atoms with Gasteiger partial charge in [0.25, 0.3) is 5.69 Å². The first-order chi connectivity index (χ1) is 7.95. The Morgan fingerprint density at radius 3 is 2.41 bits per heavy atom. The van der Waals surface area contributed by atoms with Crippen LogP contribution < -0.4 is 0 Å². The average molecular weight is 239 g/mol. The topological polar surface area (TPSA) is 107 Å². The maximum absolute atomic E-state index is 11.4. The van der Waals surface area contributed by atoms with E-state index in [0.29, 0.717) is 0 Å². The Balaban J connectivity index is 3.26. The fourth-order valence-corrected chi connectivity index (χ4v) is 1.17. The highest BCUT2D eigenvalue weighted by atomic mass is 16.6. The third-order valence-corrected chi connectivity index (χ3v) is 1.89. The summed E-state index contributed by atoms with van der Waals surface area (Å²) in [4.78, 5) is 31.9. The number of ether oxygens (including phenoxy) is 1. The van der Waals surface area contributed by atoms with Crippen LogP contribution in [-0.2, 0) is 4.74 Å². The number of carbonyl (C=O) groups is 2. The van der Waals surface area contributed by atoms with Crippen molar-refractivity contribution in [1.82, 2.24) is 0 Å². The minimum absolute atomic E-state index is 0.101. The SMILES string of the molecule is CCOC(=O)c1cc(C(=O)O)cc([N+](=O)[O-])c1. The van der Waals surface area contributed by atoms with E-state index < -0.39 is 22.5 Å². The highest BCUT2D eigenvalue weighted by Gasteiger charge is 2.17. The van der Waals surface area contributed by atoms with E-state index >= 15 is 0 Å². The van der Waals surface area contributed by atoms with Gasteiger partial charge in [-0.2, -0.15) is 0 Å². The third-order valence-electron chi connectivity index (χ3n) is 1.89. The summed E-state index contributed by atoms with van der Waals surface area (Å²) in [5.74, 6) is -2.14. The maximum atomic E-state index is 11.4. The summed E-state index contributed by atoms with van der Waals surface area (Å²) < 4.78 is 4.64.